The van der Waals surface area contributed by atoms with Gasteiger partial charge in [0.25, 0.3) is 0 Å². The van der Waals surface area contributed by atoms with Gasteiger partial charge >= 0.3 is 0 Å². The molecule has 1 amide bonds. The van der Waals surface area contributed by atoms with Crippen molar-refractivity contribution in [2.45, 2.75) is 25.2 Å². The van der Waals surface area contributed by atoms with E-state index in [-0.39, 0.29) is 5.91 Å². The number of hydrogen-bond donors (Lipinski definition) is 0. The highest BCUT2D eigenvalue weighted by atomic mass is 16.5. The highest BCUT2D eigenvalue weighted by Crippen LogP contribution is 2.38. The molecule has 0 atom stereocenters. The summed E-state index contributed by atoms with van der Waals surface area (Å²) in [5.41, 5.74) is 1.62. The minimum Gasteiger partial charge on any atom is -0.493 e. The molecular formula is C20H24N2O3. The zero-order valence-electron chi connectivity index (χ0n) is 15.0. The molecule has 1 aliphatic rings. The second-order valence-electron chi connectivity index (χ2n) is 6.45. The Balaban J connectivity index is 2.01. The SMILES string of the molecule is COc1cccnc1N(C)C(=O)C1(c2ccc(C)cc2)CCOCC1. The van der Waals surface area contributed by atoms with Gasteiger partial charge in [0.1, 0.15) is 0 Å². The van der Waals surface area contributed by atoms with Gasteiger partial charge in [-0.05, 0) is 37.5 Å². The molecule has 0 radical (unpaired) electrons. The number of carbonyl (C=O) groups is 1. The average Bonchev–Trinajstić information content (AvgIpc) is 2.67. The molecule has 0 bridgehead atoms. The smallest absolute Gasteiger partial charge is 0.238 e. The van der Waals surface area contributed by atoms with Crippen molar-refractivity contribution < 1.29 is 14.3 Å². The van der Waals surface area contributed by atoms with Gasteiger partial charge in [-0.2, -0.15) is 0 Å². The quantitative estimate of drug-likeness (QED) is 0.858. The topological polar surface area (TPSA) is 51.7 Å². The number of carbonyl (C=O) groups excluding carboxylic acids is 1. The molecule has 1 aromatic carbocycles. The predicted molar refractivity (Wildman–Crippen MR) is 97.1 cm³/mol. The number of methoxy groups -OCH3 is 1. The molecule has 132 valence electrons. The van der Waals surface area contributed by atoms with Gasteiger partial charge in [-0.3, -0.25) is 9.69 Å². The number of hydrogen-bond acceptors (Lipinski definition) is 4. The van der Waals surface area contributed by atoms with Crippen LogP contribution < -0.4 is 9.64 Å². The van der Waals surface area contributed by atoms with Gasteiger partial charge in [0, 0.05) is 26.5 Å². The first-order valence-electron chi connectivity index (χ1n) is 8.50. The van der Waals surface area contributed by atoms with E-state index in [2.05, 4.69) is 29.2 Å². The summed E-state index contributed by atoms with van der Waals surface area (Å²) in [4.78, 5) is 19.5. The van der Waals surface area contributed by atoms with E-state index in [1.165, 1.54) is 5.56 Å². The number of nitrogens with zero attached hydrogens (tertiary/aromatic N) is 2. The normalized spacial score (nSPS) is 16.3. The third-order valence-corrected chi connectivity index (χ3v) is 4.95. The second kappa shape index (κ2) is 7.23. The summed E-state index contributed by atoms with van der Waals surface area (Å²) in [7, 11) is 3.35. The number of aromatic nitrogens is 1. The maximum Gasteiger partial charge on any atom is 0.238 e. The van der Waals surface area contributed by atoms with Crippen LogP contribution in [0.1, 0.15) is 24.0 Å². The zero-order valence-corrected chi connectivity index (χ0v) is 15.0. The van der Waals surface area contributed by atoms with Crippen molar-refractivity contribution in [1.29, 1.82) is 0 Å². The molecule has 0 spiro atoms. The third-order valence-electron chi connectivity index (χ3n) is 4.95. The molecular weight excluding hydrogens is 316 g/mol. The zero-order chi connectivity index (χ0) is 17.9. The van der Waals surface area contributed by atoms with Crippen LogP contribution in [0.3, 0.4) is 0 Å². The predicted octanol–water partition coefficient (Wildman–Crippen LogP) is 3.11. The third kappa shape index (κ3) is 3.24. The molecule has 1 aromatic heterocycles. The van der Waals surface area contributed by atoms with Gasteiger partial charge in [0.05, 0.1) is 12.5 Å². The number of aryl methyl sites for hydroxylation is 1. The molecule has 5 heteroatoms. The number of rotatable bonds is 4. The molecule has 3 rings (SSSR count). The highest BCUT2D eigenvalue weighted by Gasteiger charge is 2.44. The standard InChI is InChI=1S/C20H24N2O3/c1-15-6-8-16(9-7-15)20(10-13-25-14-11-20)19(23)22(2)18-17(24-3)5-4-12-21-18/h4-9,12H,10-11,13-14H2,1-3H3. The van der Waals surface area contributed by atoms with Crippen molar-refractivity contribution in [3.05, 3.63) is 53.7 Å². The lowest BCUT2D eigenvalue weighted by Gasteiger charge is -2.39. The number of benzene rings is 1. The minimum absolute atomic E-state index is 0.0247. The maximum atomic E-state index is 13.5. The Morgan fingerprint density at radius 2 is 1.88 bits per heavy atom. The van der Waals surface area contributed by atoms with Crippen LogP contribution in [-0.4, -0.2) is 38.3 Å². The number of amides is 1. The van der Waals surface area contributed by atoms with E-state index in [9.17, 15) is 4.79 Å². The van der Waals surface area contributed by atoms with E-state index in [1.54, 1.807) is 31.3 Å². The van der Waals surface area contributed by atoms with Crippen LogP contribution in [0.2, 0.25) is 0 Å². The first kappa shape index (κ1) is 17.4. The molecule has 1 aliphatic heterocycles. The Bertz CT molecular complexity index is 737. The molecule has 0 aliphatic carbocycles. The number of pyridine rings is 1. The fourth-order valence-corrected chi connectivity index (χ4v) is 3.43. The van der Waals surface area contributed by atoms with Gasteiger partial charge < -0.3 is 9.47 Å². The molecule has 25 heavy (non-hydrogen) atoms. The van der Waals surface area contributed by atoms with Gasteiger partial charge in [0.2, 0.25) is 5.91 Å². The second-order valence-corrected chi connectivity index (χ2v) is 6.45. The summed E-state index contributed by atoms with van der Waals surface area (Å²) in [6.07, 6.45) is 2.99. The molecule has 5 nitrogen and oxygen atoms in total. The minimum atomic E-state index is -0.594. The molecule has 0 N–H and O–H groups in total. The summed E-state index contributed by atoms with van der Waals surface area (Å²) in [5.74, 6) is 1.15. The van der Waals surface area contributed by atoms with E-state index in [1.807, 2.05) is 13.0 Å². The van der Waals surface area contributed by atoms with Crippen molar-refractivity contribution in [2.24, 2.45) is 0 Å². The number of anilines is 1. The van der Waals surface area contributed by atoms with E-state index in [0.29, 0.717) is 37.6 Å². The van der Waals surface area contributed by atoms with Crippen LogP contribution in [0.5, 0.6) is 5.75 Å². The molecule has 1 saturated heterocycles. The summed E-state index contributed by atoms with van der Waals surface area (Å²) >= 11 is 0. The van der Waals surface area contributed by atoms with Crippen molar-refractivity contribution in [3.63, 3.8) is 0 Å². The Kier molecular flexibility index (Phi) is 5.04. The number of likely N-dealkylation sites (N-methyl/N-ethyl adjacent to an activating group) is 1. The molecule has 0 unspecified atom stereocenters. The van der Waals surface area contributed by atoms with Crippen molar-refractivity contribution in [2.75, 3.05) is 32.3 Å². The van der Waals surface area contributed by atoms with Gasteiger partial charge in [-0.15, -0.1) is 0 Å². The van der Waals surface area contributed by atoms with Crippen LogP contribution in [0.15, 0.2) is 42.6 Å². The summed E-state index contributed by atoms with van der Waals surface area (Å²) < 4.78 is 10.9. The van der Waals surface area contributed by atoms with Gasteiger partial charge in [0.15, 0.2) is 11.6 Å². The van der Waals surface area contributed by atoms with Crippen LogP contribution in [0, 0.1) is 6.92 Å². The molecule has 1 fully saturated rings. The summed E-state index contributed by atoms with van der Waals surface area (Å²) in [5, 5.41) is 0. The van der Waals surface area contributed by atoms with Gasteiger partial charge in [-0.25, -0.2) is 4.98 Å². The molecule has 0 saturated carbocycles. The van der Waals surface area contributed by atoms with Crippen LogP contribution in [0.25, 0.3) is 0 Å². The number of ether oxygens (including phenoxy) is 2. The van der Waals surface area contributed by atoms with E-state index >= 15 is 0 Å². The lowest BCUT2D eigenvalue weighted by molar-refractivity contribution is -0.127. The van der Waals surface area contributed by atoms with Crippen LogP contribution in [-0.2, 0) is 14.9 Å². The highest BCUT2D eigenvalue weighted by molar-refractivity contribution is 6.01. The van der Waals surface area contributed by atoms with Crippen molar-refractivity contribution in [1.82, 2.24) is 4.98 Å². The average molecular weight is 340 g/mol. The van der Waals surface area contributed by atoms with E-state index in [0.717, 1.165) is 5.56 Å². The largest absolute Gasteiger partial charge is 0.493 e. The van der Waals surface area contributed by atoms with Gasteiger partial charge in [-0.1, -0.05) is 29.8 Å². The summed E-state index contributed by atoms with van der Waals surface area (Å²) in [6.45, 7) is 3.20. The monoisotopic (exact) mass is 340 g/mol. The van der Waals surface area contributed by atoms with E-state index < -0.39 is 5.41 Å². The Labute approximate surface area is 148 Å². The van der Waals surface area contributed by atoms with Crippen molar-refractivity contribution >= 4 is 11.7 Å². The van der Waals surface area contributed by atoms with Crippen molar-refractivity contribution in [3.8, 4) is 5.75 Å². The summed E-state index contributed by atoms with van der Waals surface area (Å²) in [6, 6.07) is 11.8. The Morgan fingerprint density at radius 1 is 1.20 bits per heavy atom. The van der Waals surface area contributed by atoms with Crippen LogP contribution >= 0.6 is 0 Å². The fourth-order valence-electron chi connectivity index (χ4n) is 3.43. The first-order valence-corrected chi connectivity index (χ1v) is 8.50. The van der Waals surface area contributed by atoms with Crippen LogP contribution in [0.4, 0.5) is 5.82 Å². The lowest BCUT2D eigenvalue weighted by Crippen LogP contribution is -2.49. The molecule has 2 aromatic rings. The lowest BCUT2D eigenvalue weighted by atomic mass is 9.73. The fraction of sp³-hybridized carbons (Fsp3) is 0.400. The molecule has 2 heterocycles. The maximum absolute atomic E-state index is 13.5. The Morgan fingerprint density at radius 3 is 2.52 bits per heavy atom. The van der Waals surface area contributed by atoms with E-state index in [4.69, 9.17) is 9.47 Å². The first-order chi connectivity index (χ1) is 12.1. The Hall–Kier alpha value is -2.40.